The molecule has 0 bridgehead atoms. The van der Waals surface area contributed by atoms with Gasteiger partial charge in [0.25, 0.3) is 0 Å². The Labute approximate surface area is 225 Å². The number of hydrogen-bond donors (Lipinski definition) is 1. The maximum Gasteiger partial charge on any atom is 0.167 e. The van der Waals surface area contributed by atoms with E-state index in [2.05, 4.69) is 28.4 Å². The second-order valence-corrected chi connectivity index (χ2v) is 10.4. The van der Waals surface area contributed by atoms with Crippen LogP contribution in [0.3, 0.4) is 0 Å². The van der Waals surface area contributed by atoms with Crippen molar-refractivity contribution in [2.75, 3.05) is 45.8 Å². The van der Waals surface area contributed by atoms with Crippen molar-refractivity contribution in [2.24, 2.45) is 0 Å². The average Bonchev–Trinajstić information content (AvgIpc) is 3.22. The highest BCUT2D eigenvalue weighted by Crippen LogP contribution is 2.39. The lowest BCUT2D eigenvalue weighted by Crippen LogP contribution is -2.29. The summed E-state index contributed by atoms with van der Waals surface area (Å²) in [6.07, 6.45) is 8.09. The van der Waals surface area contributed by atoms with Crippen LogP contribution in [0.15, 0.2) is 54.6 Å². The molecule has 0 saturated carbocycles. The molecular formula is C32H39FN2O3. The van der Waals surface area contributed by atoms with Gasteiger partial charge in [-0.2, -0.15) is 0 Å². The zero-order valence-corrected chi connectivity index (χ0v) is 22.6. The molecule has 1 fully saturated rings. The maximum atomic E-state index is 15.0. The molecule has 5 rings (SSSR count). The molecule has 5 nitrogen and oxygen atoms in total. The Bertz CT molecular complexity index is 1220. The topological polar surface area (TPSA) is 43.0 Å². The summed E-state index contributed by atoms with van der Waals surface area (Å²) in [5.41, 5.74) is 5.57. The summed E-state index contributed by atoms with van der Waals surface area (Å²) in [4.78, 5) is 2.42. The lowest BCUT2D eigenvalue weighted by Gasteiger charge is -2.27. The van der Waals surface area contributed by atoms with Crippen LogP contribution >= 0.6 is 0 Å². The highest BCUT2D eigenvalue weighted by molar-refractivity contribution is 5.67. The smallest absolute Gasteiger partial charge is 0.167 e. The van der Waals surface area contributed by atoms with E-state index in [9.17, 15) is 4.39 Å². The Balaban J connectivity index is 1.27. The fraction of sp³-hybridized carbons (Fsp3) is 0.438. The normalized spacial score (nSPS) is 17.8. The van der Waals surface area contributed by atoms with E-state index in [-0.39, 0.29) is 5.82 Å². The summed E-state index contributed by atoms with van der Waals surface area (Å²) < 4.78 is 31.7. The molecule has 1 N–H and O–H groups in total. The zero-order valence-electron chi connectivity index (χ0n) is 22.6. The fourth-order valence-electron chi connectivity index (χ4n) is 5.75. The predicted molar refractivity (Wildman–Crippen MR) is 151 cm³/mol. The Morgan fingerprint density at radius 1 is 0.868 bits per heavy atom. The van der Waals surface area contributed by atoms with E-state index >= 15 is 0 Å². The van der Waals surface area contributed by atoms with Crippen molar-refractivity contribution in [3.63, 3.8) is 0 Å². The van der Waals surface area contributed by atoms with Crippen molar-refractivity contribution in [1.82, 2.24) is 4.90 Å². The van der Waals surface area contributed by atoms with Crippen molar-refractivity contribution in [3.8, 4) is 17.2 Å². The van der Waals surface area contributed by atoms with Crippen molar-refractivity contribution in [1.29, 1.82) is 0 Å². The number of halogens is 1. The number of ether oxygens (including phenoxy) is 3. The van der Waals surface area contributed by atoms with Crippen LogP contribution in [0, 0.1) is 5.82 Å². The summed E-state index contributed by atoms with van der Waals surface area (Å²) in [6, 6.07) is 17.6. The van der Waals surface area contributed by atoms with Gasteiger partial charge in [0.1, 0.15) is 18.1 Å². The highest BCUT2D eigenvalue weighted by Gasteiger charge is 2.23. The molecule has 1 atom stereocenters. The van der Waals surface area contributed by atoms with Gasteiger partial charge >= 0.3 is 0 Å². The maximum absolute atomic E-state index is 15.0. The van der Waals surface area contributed by atoms with E-state index < -0.39 is 0 Å². The SMILES string of the molecule is COc1ccc2c(c1)CCC(c1ccc(OC)cc1Nc1ccc(OCCN3CCCCCC3)c(F)c1)C2. The first-order chi connectivity index (χ1) is 18.6. The molecular weight excluding hydrogens is 479 g/mol. The summed E-state index contributed by atoms with van der Waals surface area (Å²) in [5, 5.41) is 3.47. The molecule has 1 heterocycles. The Hall–Kier alpha value is -3.25. The Morgan fingerprint density at radius 2 is 1.63 bits per heavy atom. The number of anilines is 2. The summed E-state index contributed by atoms with van der Waals surface area (Å²) >= 11 is 0. The molecule has 0 aromatic heterocycles. The van der Waals surface area contributed by atoms with Crippen LogP contribution in [-0.4, -0.2) is 45.4 Å². The largest absolute Gasteiger partial charge is 0.497 e. The number of nitrogens with zero attached hydrogens (tertiary/aromatic N) is 1. The molecule has 2 aliphatic rings. The van der Waals surface area contributed by atoms with Crippen LogP contribution in [0.4, 0.5) is 15.8 Å². The molecule has 3 aromatic rings. The van der Waals surface area contributed by atoms with E-state index in [1.165, 1.54) is 48.4 Å². The summed E-state index contributed by atoms with van der Waals surface area (Å²) in [5.74, 6) is 1.98. The number of benzene rings is 3. The zero-order chi connectivity index (χ0) is 26.3. The number of methoxy groups -OCH3 is 2. The number of aryl methyl sites for hydroxylation is 1. The average molecular weight is 519 g/mol. The van der Waals surface area contributed by atoms with Crippen LogP contribution < -0.4 is 19.5 Å². The molecule has 1 aliphatic carbocycles. The van der Waals surface area contributed by atoms with Crippen LogP contribution in [0.2, 0.25) is 0 Å². The van der Waals surface area contributed by atoms with Gasteiger partial charge in [0.05, 0.1) is 14.2 Å². The standard InChI is InChI=1S/C32H39FN2O3/c1-36-27-11-9-23-19-25(8-7-24(23)20-27)29-13-12-28(37-2)22-31(29)34-26-10-14-32(30(33)21-26)38-18-17-35-15-5-3-4-6-16-35/h9-14,20-22,25,34H,3-8,15-19H2,1-2H3. The molecule has 1 aliphatic heterocycles. The van der Waals surface area contributed by atoms with Gasteiger partial charge in [-0.25, -0.2) is 4.39 Å². The molecule has 3 aromatic carbocycles. The number of rotatable bonds is 9. The molecule has 0 amide bonds. The van der Waals surface area contributed by atoms with Gasteiger partial charge in [0.2, 0.25) is 0 Å². The van der Waals surface area contributed by atoms with E-state index in [1.807, 2.05) is 24.3 Å². The van der Waals surface area contributed by atoms with Gasteiger partial charge in [-0.05, 0) is 98.1 Å². The van der Waals surface area contributed by atoms with E-state index in [0.717, 1.165) is 56.1 Å². The highest BCUT2D eigenvalue weighted by atomic mass is 19.1. The minimum Gasteiger partial charge on any atom is -0.497 e. The van der Waals surface area contributed by atoms with Gasteiger partial charge in [-0.15, -0.1) is 0 Å². The number of fused-ring (bicyclic) bond motifs is 1. The van der Waals surface area contributed by atoms with Crippen LogP contribution in [-0.2, 0) is 12.8 Å². The van der Waals surface area contributed by atoms with Crippen LogP contribution in [0.25, 0.3) is 0 Å². The van der Waals surface area contributed by atoms with Crippen molar-refractivity contribution >= 4 is 11.4 Å². The van der Waals surface area contributed by atoms with Crippen molar-refractivity contribution in [3.05, 3.63) is 77.1 Å². The first-order valence-corrected chi connectivity index (χ1v) is 13.9. The van der Waals surface area contributed by atoms with E-state index in [0.29, 0.717) is 24.0 Å². The minimum absolute atomic E-state index is 0.301. The van der Waals surface area contributed by atoms with Gasteiger partial charge in [0, 0.05) is 30.1 Å². The summed E-state index contributed by atoms with van der Waals surface area (Å²) in [6.45, 7) is 3.55. The predicted octanol–water partition coefficient (Wildman–Crippen LogP) is 7.11. The van der Waals surface area contributed by atoms with Gasteiger partial charge in [0.15, 0.2) is 11.6 Å². The molecule has 38 heavy (non-hydrogen) atoms. The summed E-state index contributed by atoms with van der Waals surface area (Å²) in [7, 11) is 3.38. The molecule has 6 heteroatoms. The monoisotopic (exact) mass is 518 g/mol. The van der Waals surface area contributed by atoms with Gasteiger partial charge in [-0.3, -0.25) is 4.90 Å². The molecule has 202 valence electrons. The quantitative estimate of drug-likeness (QED) is 0.327. The molecule has 0 radical (unpaired) electrons. The van der Waals surface area contributed by atoms with Crippen molar-refractivity contribution in [2.45, 2.75) is 50.9 Å². The second kappa shape index (κ2) is 12.5. The first kappa shape index (κ1) is 26.4. The van der Waals surface area contributed by atoms with Crippen LogP contribution in [0.1, 0.15) is 54.7 Å². The Kier molecular flexibility index (Phi) is 8.69. The van der Waals surface area contributed by atoms with Crippen molar-refractivity contribution < 1.29 is 18.6 Å². The molecule has 1 unspecified atom stereocenters. The molecule has 1 saturated heterocycles. The third kappa shape index (κ3) is 6.41. The lowest BCUT2D eigenvalue weighted by atomic mass is 9.79. The first-order valence-electron chi connectivity index (χ1n) is 13.9. The number of hydrogen-bond acceptors (Lipinski definition) is 5. The number of likely N-dealkylation sites (tertiary alicyclic amines) is 1. The third-order valence-corrected chi connectivity index (χ3v) is 7.92. The van der Waals surface area contributed by atoms with Gasteiger partial charge in [-0.1, -0.05) is 25.0 Å². The van der Waals surface area contributed by atoms with E-state index in [4.69, 9.17) is 14.2 Å². The lowest BCUT2D eigenvalue weighted by molar-refractivity contribution is 0.209. The third-order valence-electron chi connectivity index (χ3n) is 7.92. The fourth-order valence-corrected chi connectivity index (χ4v) is 5.75. The van der Waals surface area contributed by atoms with Gasteiger partial charge < -0.3 is 19.5 Å². The minimum atomic E-state index is -0.351. The molecule has 0 spiro atoms. The number of nitrogens with one attached hydrogen (secondary N) is 1. The van der Waals surface area contributed by atoms with Crippen LogP contribution in [0.5, 0.6) is 17.2 Å². The van der Waals surface area contributed by atoms with E-state index in [1.54, 1.807) is 20.3 Å². The second-order valence-electron chi connectivity index (χ2n) is 10.4. The Morgan fingerprint density at radius 3 is 2.39 bits per heavy atom.